The number of H-pyrrole nitrogens is 1. The molecule has 3 aromatic rings. The first kappa shape index (κ1) is 13.9. The Morgan fingerprint density at radius 2 is 2.21 bits per heavy atom. The Morgan fingerprint density at radius 3 is 3.08 bits per heavy atom. The van der Waals surface area contributed by atoms with Crippen molar-refractivity contribution in [1.82, 2.24) is 29.6 Å². The molecule has 1 aliphatic heterocycles. The summed E-state index contributed by atoms with van der Waals surface area (Å²) >= 11 is 0. The van der Waals surface area contributed by atoms with Crippen LogP contribution in [0.3, 0.4) is 0 Å². The van der Waals surface area contributed by atoms with Crippen LogP contribution in [-0.4, -0.2) is 36.2 Å². The molecule has 0 spiro atoms. The van der Waals surface area contributed by atoms with E-state index in [-0.39, 0.29) is 11.6 Å². The summed E-state index contributed by atoms with van der Waals surface area (Å²) in [6, 6.07) is 3.53. The molecule has 8 heteroatoms. The van der Waals surface area contributed by atoms with Gasteiger partial charge in [0.15, 0.2) is 11.5 Å². The quantitative estimate of drug-likeness (QED) is 0.783. The zero-order valence-corrected chi connectivity index (χ0v) is 13.2. The van der Waals surface area contributed by atoms with Crippen LogP contribution in [0.5, 0.6) is 0 Å². The van der Waals surface area contributed by atoms with E-state index in [0.717, 1.165) is 49.6 Å². The molecular weight excluding hydrogens is 308 g/mol. The number of aromatic amines is 1. The van der Waals surface area contributed by atoms with E-state index in [1.54, 1.807) is 18.3 Å². The lowest BCUT2D eigenvalue weighted by Gasteiger charge is -2.21. The molecular formula is C16H18N6O2. The summed E-state index contributed by atoms with van der Waals surface area (Å²) in [5.74, 6) is 2.02. The molecule has 3 aromatic heterocycles. The van der Waals surface area contributed by atoms with Gasteiger partial charge in [-0.2, -0.15) is 4.98 Å². The van der Waals surface area contributed by atoms with E-state index in [4.69, 9.17) is 4.52 Å². The lowest BCUT2D eigenvalue weighted by Crippen LogP contribution is -2.26. The highest BCUT2D eigenvalue weighted by Gasteiger charge is 2.34. The molecule has 0 amide bonds. The van der Waals surface area contributed by atoms with Crippen LogP contribution in [0.1, 0.15) is 55.1 Å². The fraction of sp³-hybridized carbons (Fsp3) is 0.500. The number of nitrogens with zero attached hydrogens (tertiary/aromatic N) is 5. The van der Waals surface area contributed by atoms with Crippen LogP contribution in [0.2, 0.25) is 0 Å². The summed E-state index contributed by atoms with van der Waals surface area (Å²) in [6.07, 6.45) is 6.12. The number of nitrogens with one attached hydrogen (secondary N) is 1. The van der Waals surface area contributed by atoms with Crippen molar-refractivity contribution in [2.45, 2.75) is 44.2 Å². The molecule has 124 valence electrons. The summed E-state index contributed by atoms with van der Waals surface area (Å²) in [6.45, 7) is 1.57. The van der Waals surface area contributed by atoms with Crippen molar-refractivity contribution in [1.29, 1.82) is 0 Å². The van der Waals surface area contributed by atoms with E-state index in [0.29, 0.717) is 18.1 Å². The molecule has 0 bridgehead atoms. The van der Waals surface area contributed by atoms with Gasteiger partial charge in [0.25, 0.3) is 5.56 Å². The highest BCUT2D eigenvalue weighted by molar-refractivity contribution is 5.36. The van der Waals surface area contributed by atoms with Crippen molar-refractivity contribution in [2.24, 2.45) is 0 Å². The van der Waals surface area contributed by atoms with Gasteiger partial charge in [-0.05, 0) is 32.2 Å². The zero-order valence-electron chi connectivity index (χ0n) is 13.2. The molecule has 24 heavy (non-hydrogen) atoms. The van der Waals surface area contributed by atoms with Crippen LogP contribution in [0.15, 0.2) is 27.6 Å². The average Bonchev–Trinajstić information content (AvgIpc) is 3.00. The second-order valence-corrected chi connectivity index (χ2v) is 6.64. The van der Waals surface area contributed by atoms with Crippen molar-refractivity contribution in [3.05, 3.63) is 46.1 Å². The normalized spacial score (nSPS) is 21.8. The monoisotopic (exact) mass is 326 g/mol. The van der Waals surface area contributed by atoms with Gasteiger partial charge in [-0.1, -0.05) is 5.16 Å². The third kappa shape index (κ3) is 2.34. The topological polar surface area (TPSA) is 92.3 Å². The van der Waals surface area contributed by atoms with Crippen LogP contribution in [0, 0.1) is 0 Å². The van der Waals surface area contributed by atoms with E-state index in [1.165, 1.54) is 4.52 Å². The van der Waals surface area contributed by atoms with Crippen molar-refractivity contribution in [2.75, 3.05) is 6.54 Å². The van der Waals surface area contributed by atoms with E-state index < -0.39 is 0 Å². The molecule has 1 N–H and O–H groups in total. The Bertz CT molecular complexity index is 937. The third-order valence-electron chi connectivity index (χ3n) is 4.84. The number of fused-ring (bicyclic) bond motifs is 1. The van der Waals surface area contributed by atoms with Gasteiger partial charge in [0.1, 0.15) is 0 Å². The van der Waals surface area contributed by atoms with Gasteiger partial charge >= 0.3 is 0 Å². The van der Waals surface area contributed by atoms with Gasteiger partial charge in [0.05, 0.1) is 11.7 Å². The van der Waals surface area contributed by atoms with Crippen molar-refractivity contribution < 1.29 is 4.52 Å². The Balaban J connectivity index is 1.40. The number of hydrogen-bond donors (Lipinski definition) is 1. The number of rotatable bonds is 4. The second kappa shape index (κ2) is 5.27. The van der Waals surface area contributed by atoms with Crippen molar-refractivity contribution in [3.8, 4) is 0 Å². The molecule has 2 fully saturated rings. The van der Waals surface area contributed by atoms with Crippen LogP contribution >= 0.6 is 0 Å². The van der Waals surface area contributed by atoms with Gasteiger partial charge in [-0.3, -0.25) is 14.8 Å². The fourth-order valence-electron chi connectivity index (χ4n) is 3.45. The first-order valence-corrected chi connectivity index (χ1v) is 8.41. The molecule has 2 aliphatic rings. The Morgan fingerprint density at radius 1 is 1.29 bits per heavy atom. The van der Waals surface area contributed by atoms with Gasteiger partial charge in [0, 0.05) is 30.8 Å². The SMILES string of the molecule is O=c1cc(CN2CCCC2c2noc(C3CC3)n2)nc2cc[nH]n12. The number of aromatic nitrogens is 5. The lowest BCUT2D eigenvalue weighted by molar-refractivity contribution is 0.231. The third-order valence-corrected chi connectivity index (χ3v) is 4.84. The van der Waals surface area contributed by atoms with Crippen LogP contribution in [-0.2, 0) is 6.54 Å². The van der Waals surface area contributed by atoms with Gasteiger partial charge in [-0.25, -0.2) is 9.50 Å². The molecule has 1 aliphatic carbocycles. The number of likely N-dealkylation sites (tertiary alicyclic amines) is 1. The molecule has 4 heterocycles. The minimum Gasteiger partial charge on any atom is -0.339 e. The summed E-state index contributed by atoms with van der Waals surface area (Å²) in [5.41, 5.74) is 1.33. The Hall–Kier alpha value is -2.48. The summed E-state index contributed by atoms with van der Waals surface area (Å²) in [5, 5.41) is 7.05. The molecule has 8 nitrogen and oxygen atoms in total. The average molecular weight is 326 g/mol. The van der Waals surface area contributed by atoms with Crippen molar-refractivity contribution in [3.63, 3.8) is 0 Å². The molecule has 1 saturated carbocycles. The highest BCUT2D eigenvalue weighted by atomic mass is 16.5. The zero-order chi connectivity index (χ0) is 16.1. The maximum Gasteiger partial charge on any atom is 0.272 e. The maximum absolute atomic E-state index is 12.1. The van der Waals surface area contributed by atoms with Gasteiger partial charge in [0.2, 0.25) is 5.89 Å². The lowest BCUT2D eigenvalue weighted by atomic mass is 10.2. The predicted octanol–water partition coefficient (Wildman–Crippen LogP) is 1.62. The molecule has 5 rings (SSSR count). The van der Waals surface area contributed by atoms with E-state index in [1.807, 2.05) is 0 Å². The van der Waals surface area contributed by atoms with Crippen LogP contribution in [0.4, 0.5) is 0 Å². The molecule has 0 radical (unpaired) electrons. The molecule has 1 atom stereocenters. The molecule has 1 saturated heterocycles. The molecule has 1 unspecified atom stereocenters. The number of hydrogen-bond acceptors (Lipinski definition) is 6. The summed E-state index contributed by atoms with van der Waals surface area (Å²) in [7, 11) is 0. The van der Waals surface area contributed by atoms with Crippen molar-refractivity contribution >= 4 is 5.65 Å². The van der Waals surface area contributed by atoms with E-state index in [2.05, 4.69) is 25.1 Å². The minimum atomic E-state index is -0.0914. The highest BCUT2D eigenvalue weighted by Crippen LogP contribution is 2.40. The Kier molecular flexibility index (Phi) is 3.05. The first-order chi connectivity index (χ1) is 11.8. The molecule has 0 aromatic carbocycles. The van der Waals surface area contributed by atoms with Crippen LogP contribution < -0.4 is 5.56 Å². The van der Waals surface area contributed by atoms with E-state index >= 15 is 0 Å². The predicted molar refractivity (Wildman–Crippen MR) is 84.5 cm³/mol. The maximum atomic E-state index is 12.1. The second-order valence-electron chi connectivity index (χ2n) is 6.64. The summed E-state index contributed by atoms with van der Waals surface area (Å²) < 4.78 is 6.84. The van der Waals surface area contributed by atoms with Gasteiger partial charge < -0.3 is 4.52 Å². The largest absolute Gasteiger partial charge is 0.339 e. The van der Waals surface area contributed by atoms with E-state index in [9.17, 15) is 4.79 Å². The van der Waals surface area contributed by atoms with Gasteiger partial charge in [-0.15, -0.1) is 0 Å². The summed E-state index contributed by atoms with van der Waals surface area (Å²) in [4.78, 5) is 23.5. The Labute approximate surface area is 137 Å². The first-order valence-electron chi connectivity index (χ1n) is 8.41. The van der Waals surface area contributed by atoms with Crippen LogP contribution in [0.25, 0.3) is 5.65 Å². The fourth-order valence-corrected chi connectivity index (χ4v) is 3.45. The smallest absolute Gasteiger partial charge is 0.272 e. The standard InChI is InChI=1S/C16H18N6O2/c23-14-8-11(18-13-5-6-17-22(13)14)9-21-7-1-2-12(21)15-19-16(24-20-15)10-3-4-10/h5-6,8,10,12,17H,1-4,7,9H2. The minimum absolute atomic E-state index is 0.0914.